The Bertz CT molecular complexity index is 1240. The molecule has 0 spiro atoms. The zero-order chi connectivity index (χ0) is 45.8. The highest BCUT2D eigenvalue weighted by Gasteiger charge is 2.19. The monoisotopic (exact) mass is 877 g/mol. The fraction of sp³-hybridized carbons (Fsp3) is 0.702. The second-order valence-electron chi connectivity index (χ2n) is 17.0. The third kappa shape index (κ3) is 49.5. The van der Waals surface area contributed by atoms with Gasteiger partial charge >= 0.3 is 17.9 Å². The lowest BCUT2D eigenvalue weighted by Gasteiger charge is -2.18. The Morgan fingerprint density at radius 3 is 0.968 bits per heavy atom. The van der Waals surface area contributed by atoms with Crippen LogP contribution < -0.4 is 0 Å². The predicted molar refractivity (Wildman–Crippen MR) is 270 cm³/mol. The minimum atomic E-state index is -0.794. The maximum absolute atomic E-state index is 12.8. The van der Waals surface area contributed by atoms with Crippen LogP contribution in [0.15, 0.2) is 85.1 Å². The molecule has 0 bridgehead atoms. The molecule has 0 aliphatic rings. The topological polar surface area (TPSA) is 78.9 Å². The molecule has 0 radical (unpaired) electrons. The van der Waals surface area contributed by atoms with E-state index < -0.39 is 6.10 Å². The van der Waals surface area contributed by atoms with E-state index in [4.69, 9.17) is 14.2 Å². The summed E-state index contributed by atoms with van der Waals surface area (Å²) in [6.45, 7) is 6.38. The van der Waals surface area contributed by atoms with Crippen molar-refractivity contribution < 1.29 is 28.6 Å². The average molecular weight is 877 g/mol. The van der Waals surface area contributed by atoms with E-state index >= 15 is 0 Å². The fourth-order valence-electron chi connectivity index (χ4n) is 7.04. The minimum Gasteiger partial charge on any atom is -0.462 e. The molecule has 0 aliphatic carbocycles. The van der Waals surface area contributed by atoms with Crippen LogP contribution in [0, 0.1) is 0 Å². The number of hydrogen-bond acceptors (Lipinski definition) is 6. The van der Waals surface area contributed by atoms with Crippen LogP contribution in [0.5, 0.6) is 0 Å². The van der Waals surface area contributed by atoms with Crippen molar-refractivity contribution in [2.45, 2.75) is 245 Å². The van der Waals surface area contributed by atoms with E-state index in [0.29, 0.717) is 19.3 Å². The highest BCUT2D eigenvalue weighted by Crippen LogP contribution is 2.15. The van der Waals surface area contributed by atoms with Gasteiger partial charge in [0, 0.05) is 19.3 Å². The van der Waals surface area contributed by atoms with Gasteiger partial charge in [-0.25, -0.2) is 0 Å². The highest BCUT2D eigenvalue weighted by atomic mass is 16.6. The van der Waals surface area contributed by atoms with Crippen LogP contribution in [0.2, 0.25) is 0 Å². The van der Waals surface area contributed by atoms with E-state index in [0.717, 1.165) is 135 Å². The first-order valence-electron chi connectivity index (χ1n) is 26.1. The summed E-state index contributed by atoms with van der Waals surface area (Å²) in [5.74, 6) is -0.931. The summed E-state index contributed by atoms with van der Waals surface area (Å²) in [7, 11) is 0. The lowest BCUT2D eigenvalue weighted by atomic mass is 10.0. The molecule has 0 aromatic rings. The van der Waals surface area contributed by atoms with Crippen molar-refractivity contribution in [2.75, 3.05) is 13.2 Å². The Kier molecular flexibility index (Phi) is 48.5. The minimum absolute atomic E-state index is 0.0905. The van der Waals surface area contributed by atoms with Crippen LogP contribution in [-0.2, 0) is 28.6 Å². The zero-order valence-electron chi connectivity index (χ0n) is 41.1. The van der Waals surface area contributed by atoms with Crippen molar-refractivity contribution in [3.05, 3.63) is 85.1 Å². The highest BCUT2D eigenvalue weighted by molar-refractivity contribution is 5.71. The van der Waals surface area contributed by atoms with Crippen LogP contribution in [0.1, 0.15) is 239 Å². The first kappa shape index (κ1) is 59.6. The molecule has 1 atom stereocenters. The number of allylic oxidation sites excluding steroid dienone is 14. The Morgan fingerprint density at radius 2 is 0.619 bits per heavy atom. The number of carbonyl (C=O) groups excluding carboxylic acids is 3. The van der Waals surface area contributed by atoms with Crippen molar-refractivity contribution in [1.82, 2.24) is 0 Å². The standard InChI is InChI=1S/C57H96O6/c1-4-7-10-13-16-19-22-25-27-28-30-32-35-38-41-44-47-50-56(59)62-53-54(52-61-55(58)49-46-43-40-37-34-31-24-21-18-15-12-9-6-3)63-57(60)51-48-45-42-39-36-33-29-26-23-20-17-14-11-8-5-2/h7-8,10-11,16-17,19-20,25-27,29-30,32,54H,4-6,9,12-15,18,21-24,28,31,33-53H2,1-3H3/b10-7-,11-8-,19-16-,20-17-,27-25-,29-26-,32-30-/t54-/m0/s1. The van der Waals surface area contributed by atoms with Crippen LogP contribution in [0.3, 0.4) is 0 Å². The van der Waals surface area contributed by atoms with Gasteiger partial charge in [0.25, 0.3) is 0 Å². The maximum atomic E-state index is 12.8. The van der Waals surface area contributed by atoms with Crippen LogP contribution in [0.25, 0.3) is 0 Å². The molecular formula is C57H96O6. The smallest absolute Gasteiger partial charge is 0.306 e. The molecule has 0 aromatic carbocycles. The summed E-state index contributed by atoms with van der Waals surface area (Å²) in [5.41, 5.74) is 0. The average Bonchev–Trinajstić information content (AvgIpc) is 3.28. The third-order valence-corrected chi connectivity index (χ3v) is 10.9. The summed E-state index contributed by atoms with van der Waals surface area (Å²) in [6.07, 6.45) is 65.6. The van der Waals surface area contributed by atoms with Gasteiger partial charge in [-0.1, -0.05) is 215 Å². The summed E-state index contributed by atoms with van der Waals surface area (Å²) in [4.78, 5) is 38.0. The Hall–Kier alpha value is -3.41. The molecule has 0 rings (SSSR count). The molecule has 360 valence electrons. The molecule has 0 aromatic heterocycles. The first-order chi connectivity index (χ1) is 31.0. The zero-order valence-corrected chi connectivity index (χ0v) is 41.1. The summed E-state index contributed by atoms with van der Waals surface area (Å²) < 4.78 is 16.8. The molecule has 0 fully saturated rings. The largest absolute Gasteiger partial charge is 0.462 e. The SMILES string of the molecule is CC/C=C\C/C=C\C/C=C\C/C=C\CCCCCCC(=O)OC[C@H](COC(=O)CCCCCCCCCCCCCCC)OC(=O)CCCCCCC/C=C\C/C=C\C/C=C\CC. The van der Waals surface area contributed by atoms with Gasteiger partial charge in [-0.05, 0) is 89.9 Å². The molecule has 0 aliphatic heterocycles. The molecule has 63 heavy (non-hydrogen) atoms. The quantitative estimate of drug-likeness (QED) is 0.0262. The van der Waals surface area contributed by atoms with Gasteiger partial charge in [-0.15, -0.1) is 0 Å². The predicted octanol–water partition coefficient (Wildman–Crippen LogP) is 17.2. The van der Waals surface area contributed by atoms with Crippen LogP contribution in [0.4, 0.5) is 0 Å². The molecule has 0 heterocycles. The summed E-state index contributed by atoms with van der Waals surface area (Å²) >= 11 is 0. The molecule has 0 saturated carbocycles. The van der Waals surface area contributed by atoms with Crippen molar-refractivity contribution in [3.63, 3.8) is 0 Å². The number of carbonyl (C=O) groups is 3. The fourth-order valence-corrected chi connectivity index (χ4v) is 7.04. The van der Waals surface area contributed by atoms with E-state index in [-0.39, 0.29) is 31.1 Å². The second kappa shape index (κ2) is 51.2. The van der Waals surface area contributed by atoms with Crippen LogP contribution in [-0.4, -0.2) is 37.2 Å². The number of ether oxygens (including phenoxy) is 3. The second-order valence-corrected chi connectivity index (χ2v) is 17.0. The summed E-state index contributed by atoms with van der Waals surface area (Å²) in [6, 6.07) is 0. The molecule has 6 heteroatoms. The van der Waals surface area contributed by atoms with E-state index in [9.17, 15) is 14.4 Å². The van der Waals surface area contributed by atoms with Gasteiger partial charge in [0.05, 0.1) is 0 Å². The number of rotatable bonds is 46. The van der Waals surface area contributed by atoms with Crippen molar-refractivity contribution in [2.24, 2.45) is 0 Å². The van der Waals surface area contributed by atoms with Gasteiger partial charge in [0.15, 0.2) is 6.10 Å². The Balaban J connectivity index is 4.45. The van der Waals surface area contributed by atoms with Gasteiger partial charge in [0.2, 0.25) is 0 Å². The Morgan fingerprint density at radius 1 is 0.333 bits per heavy atom. The number of hydrogen-bond donors (Lipinski definition) is 0. The van der Waals surface area contributed by atoms with E-state index in [1.165, 1.54) is 64.2 Å². The number of unbranched alkanes of at least 4 members (excludes halogenated alkanes) is 21. The Labute approximate surface area is 388 Å². The number of esters is 3. The first-order valence-corrected chi connectivity index (χ1v) is 26.1. The molecule has 0 N–H and O–H groups in total. The van der Waals surface area contributed by atoms with Gasteiger partial charge in [-0.2, -0.15) is 0 Å². The normalized spacial score (nSPS) is 12.7. The van der Waals surface area contributed by atoms with Gasteiger partial charge in [0.1, 0.15) is 13.2 Å². The molecule has 6 nitrogen and oxygen atoms in total. The maximum Gasteiger partial charge on any atom is 0.306 e. The van der Waals surface area contributed by atoms with Crippen molar-refractivity contribution in [3.8, 4) is 0 Å². The van der Waals surface area contributed by atoms with Gasteiger partial charge < -0.3 is 14.2 Å². The summed E-state index contributed by atoms with van der Waals surface area (Å²) in [5, 5.41) is 0. The van der Waals surface area contributed by atoms with E-state index in [2.05, 4.69) is 106 Å². The lowest BCUT2D eigenvalue weighted by Crippen LogP contribution is -2.30. The van der Waals surface area contributed by atoms with Crippen LogP contribution >= 0.6 is 0 Å². The van der Waals surface area contributed by atoms with E-state index in [1.807, 2.05) is 0 Å². The van der Waals surface area contributed by atoms with Crippen molar-refractivity contribution >= 4 is 17.9 Å². The molecule has 0 amide bonds. The third-order valence-electron chi connectivity index (χ3n) is 10.9. The van der Waals surface area contributed by atoms with Crippen molar-refractivity contribution in [1.29, 1.82) is 0 Å². The lowest BCUT2D eigenvalue weighted by molar-refractivity contribution is -0.167. The van der Waals surface area contributed by atoms with E-state index in [1.54, 1.807) is 0 Å². The molecular weight excluding hydrogens is 781 g/mol. The van der Waals surface area contributed by atoms with Gasteiger partial charge in [-0.3, -0.25) is 14.4 Å². The molecule has 0 saturated heterocycles. The molecule has 0 unspecified atom stereocenters.